The molecule has 19 heavy (non-hydrogen) atoms. The normalized spacial score (nSPS) is 10.2. The molecule has 4 heteroatoms. The SMILES string of the molecule is CN(Cc1ccccc1)C(=O)c1ccc(N)c(N)c1. The van der Waals surface area contributed by atoms with Crippen LogP contribution in [-0.2, 0) is 6.54 Å². The van der Waals surface area contributed by atoms with Crippen LogP contribution in [0.5, 0.6) is 0 Å². The Hall–Kier alpha value is -2.49. The zero-order valence-electron chi connectivity index (χ0n) is 10.8. The van der Waals surface area contributed by atoms with Gasteiger partial charge in [0.1, 0.15) is 0 Å². The van der Waals surface area contributed by atoms with Crippen molar-refractivity contribution in [3.63, 3.8) is 0 Å². The summed E-state index contributed by atoms with van der Waals surface area (Å²) in [6.45, 7) is 0.559. The maximum atomic E-state index is 12.2. The zero-order chi connectivity index (χ0) is 13.8. The van der Waals surface area contributed by atoms with Crippen LogP contribution >= 0.6 is 0 Å². The molecule has 0 saturated heterocycles. The van der Waals surface area contributed by atoms with Crippen LogP contribution < -0.4 is 11.5 Å². The van der Waals surface area contributed by atoms with E-state index >= 15 is 0 Å². The molecule has 0 radical (unpaired) electrons. The van der Waals surface area contributed by atoms with Crippen molar-refractivity contribution in [2.45, 2.75) is 6.54 Å². The Bertz CT molecular complexity index is 581. The van der Waals surface area contributed by atoms with Crippen LogP contribution in [0, 0.1) is 0 Å². The highest BCUT2D eigenvalue weighted by atomic mass is 16.2. The van der Waals surface area contributed by atoms with E-state index in [1.54, 1.807) is 30.1 Å². The Morgan fingerprint density at radius 2 is 1.74 bits per heavy atom. The van der Waals surface area contributed by atoms with E-state index in [2.05, 4.69) is 0 Å². The average Bonchev–Trinajstić information content (AvgIpc) is 2.42. The van der Waals surface area contributed by atoms with Gasteiger partial charge in [0.25, 0.3) is 5.91 Å². The van der Waals surface area contributed by atoms with E-state index in [4.69, 9.17) is 11.5 Å². The standard InChI is InChI=1S/C15H17N3O/c1-18(10-11-5-3-2-4-6-11)15(19)12-7-8-13(16)14(17)9-12/h2-9H,10,16-17H2,1H3. The van der Waals surface area contributed by atoms with Gasteiger partial charge in [-0.2, -0.15) is 0 Å². The molecule has 0 saturated carbocycles. The molecule has 2 rings (SSSR count). The lowest BCUT2D eigenvalue weighted by Gasteiger charge is -2.17. The molecule has 0 aromatic heterocycles. The first-order chi connectivity index (χ1) is 9.08. The van der Waals surface area contributed by atoms with Gasteiger partial charge in [0, 0.05) is 19.2 Å². The van der Waals surface area contributed by atoms with Crippen molar-refractivity contribution < 1.29 is 4.79 Å². The van der Waals surface area contributed by atoms with Gasteiger partial charge >= 0.3 is 0 Å². The van der Waals surface area contributed by atoms with Crippen molar-refractivity contribution in [2.24, 2.45) is 0 Å². The summed E-state index contributed by atoms with van der Waals surface area (Å²) in [4.78, 5) is 13.9. The van der Waals surface area contributed by atoms with Gasteiger partial charge in [-0.3, -0.25) is 4.79 Å². The van der Waals surface area contributed by atoms with Gasteiger partial charge in [-0.25, -0.2) is 0 Å². The van der Waals surface area contributed by atoms with Crippen LogP contribution in [0.2, 0.25) is 0 Å². The summed E-state index contributed by atoms with van der Waals surface area (Å²) >= 11 is 0. The molecule has 0 aliphatic heterocycles. The number of nitrogens with zero attached hydrogens (tertiary/aromatic N) is 1. The van der Waals surface area contributed by atoms with Crippen molar-refractivity contribution in [2.75, 3.05) is 18.5 Å². The van der Waals surface area contributed by atoms with Crippen LogP contribution in [-0.4, -0.2) is 17.9 Å². The predicted octanol–water partition coefficient (Wildman–Crippen LogP) is 2.12. The van der Waals surface area contributed by atoms with Gasteiger partial charge in [0.05, 0.1) is 11.4 Å². The molecular weight excluding hydrogens is 238 g/mol. The minimum absolute atomic E-state index is 0.0736. The molecule has 2 aromatic rings. The second-order valence-electron chi connectivity index (χ2n) is 4.49. The third-order valence-corrected chi connectivity index (χ3v) is 2.94. The number of anilines is 2. The molecular formula is C15H17N3O. The maximum absolute atomic E-state index is 12.2. The summed E-state index contributed by atoms with van der Waals surface area (Å²) in [5.41, 5.74) is 13.9. The number of rotatable bonds is 3. The van der Waals surface area contributed by atoms with Crippen LogP contribution in [0.1, 0.15) is 15.9 Å². The Morgan fingerprint density at radius 3 is 2.37 bits per heavy atom. The third kappa shape index (κ3) is 3.04. The highest BCUT2D eigenvalue weighted by molar-refractivity contribution is 5.95. The van der Waals surface area contributed by atoms with Gasteiger partial charge in [0.15, 0.2) is 0 Å². The molecule has 98 valence electrons. The van der Waals surface area contributed by atoms with E-state index in [9.17, 15) is 4.79 Å². The van der Waals surface area contributed by atoms with E-state index in [0.29, 0.717) is 23.5 Å². The number of hydrogen-bond acceptors (Lipinski definition) is 3. The molecule has 0 spiro atoms. The lowest BCUT2D eigenvalue weighted by Crippen LogP contribution is -2.26. The van der Waals surface area contributed by atoms with E-state index in [0.717, 1.165) is 5.56 Å². The van der Waals surface area contributed by atoms with Crippen LogP contribution in [0.3, 0.4) is 0 Å². The average molecular weight is 255 g/mol. The number of hydrogen-bond donors (Lipinski definition) is 2. The number of benzene rings is 2. The van der Waals surface area contributed by atoms with Crippen LogP contribution in [0.4, 0.5) is 11.4 Å². The summed E-state index contributed by atoms with van der Waals surface area (Å²) in [5.74, 6) is -0.0736. The number of nitrogen functional groups attached to an aromatic ring is 2. The number of nitrogens with two attached hydrogens (primary N) is 2. The Balaban J connectivity index is 2.12. The molecule has 4 nitrogen and oxygen atoms in total. The van der Waals surface area contributed by atoms with E-state index in [1.807, 2.05) is 30.3 Å². The lowest BCUT2D eigenvalue weighted by atomic mass is 10.1. The van der Waals surface area contributed by atoms with Crippen molar-refractivity contribution in [1.29, 1.82) is 0 Å². The van der Waals surface area contributed by atoms with Gasteiger partial charge in [-0.15, -0.1) is 0 Å². The topological polar surface area (TPSA) is 72.3 Å². The van der Waals surface area contributed by atoms with Gasteiger partial charge in [-0.05, 0) is 23.8 Å². The summed E-state index contributed by atoms with van der Waals surface area (Å²) < 4.78 is 0. The second kappa shape index (κ2) is 5.44. The van der Waals surface area contributed by atoms with Crippen molar-refractivity contribution >= 4 is 17.3 Å². The van der Waals surface area contributed by atoms with Crippen molar-refractivity contribution in [3.8, 4) is 0 Å². The Labute approximate surface area is 112 Å². The first-order valence-corrected chi connectivity index (χ1v) is 6.02. The highest BCUT2D eigenvalue weighted by Gasteiger charge is 2.12. The molecule has 0 bridgehead atoms. The van der Waals surface area contributed by atoms with Gasteiger partial charge in [-0.1, -0.05) is 30.3 Å². The van der Waals surface area contributed by atoms with E-state index < -0.39 is 0 Å². The van der Waals surface area contributed by atoms with Gasteiger partial charge in [0.2, 0.25) is 0 Å². The number of carbonyl (C=O) groups is 1. The minimum atomic E-state index is -0.0736. The molecule has 0 aliphatic rings. The largest absolute Gasteiger partial charge is 0.397 e. The van der Waals surface area contributed by atoms with E-state index in [-0.39, 0.29) is 5.91 Å². The molecule has 0 fully saturated rings. The first-order valence-electron chi connectivity index (χ1n) is 6.02. The fraction of sp³-hybridized carbons (Fsp3) is 0.133. The van der Waals surface area contributed by atoms with Crippen LogP contribution in [0.15, 0.2) is 48.5 Å². The van der Waals surface area contributed by atoms with Crippen molar-refractivity contribution in [1.82, 2.24) is 4.90 Å². The quantitative estimate of drug-likeness (QED) is 0.825. The number of carbonyl (C=O) groups excluding carboxylic acids is 1. The lowest BCUT2D eigenvalue weighted by molar-refractivity contribution is 0.0785. The molecule has 4 N–H and O–H groups in total. The third-order valence-electron chi connectivity index (χ3n) is 2.94. The minimum Gasteiger partial charge on any atom is -0.397 e. The fourth-order valence-electron chi connectivity index (χ4n) is 1.86. The molecule has 2 aromatic carbocycles. The summed E-state index contributed by atoms with van der Waals surface area (Å²) in [6, 6.07) is 14.8. The fourth-order valence-corrected chi connectivity index (χ4v) is 1.86. The Morgan fingerprint density at radius 1 is 1.05 bits per heavy atom. The molecule has 0 atom stereocenters. The van der Waals surface area contributed by atoms with Gasteiger partial charge < -0.3 is 16.4 Å². The first kappa shape index (κ1) is 13.0. The Kier molecular flexibility index (Phi) is 3.71. The van der Waals surface area contributed by atoms with E-state index in [1.165, 1.54) is 0 Å². The summed E-state index contributed by atoms with van der Waals surface area (Å²) in [5, 5.41) is 0. The molecule has 0 heterocycles. The zero-order valence-corrected chi connectivity index (χ0v) is 10.8. The smallest absolute Gasteiger partial charge is 0.253 e. The molecule has 0 unspecified atom stereocenters. The summed E-state index contributed by atoms with van der Waals surface area (Å²) in [7, 11) is 1.77. The summed E-state index contributed by atoms with van der Waals surface area (Å²) in [6.07, 6.45) is 0. The van der Waals surface area contributed by atoms with Crippen molar-refractivity contribution in [3.05, 3.63) is 59.7 Å². The second-order valence-corrected chi connectivity index (χ2v) is 4.49. The monoisotopic (exact) mass is 255 g/mol. The predicted molar refractivity (Wildman–Crippen MR) is 77.5 cm³/mol. The number of amides is 1. The molecule has 1 amide bonds. The highest BCUT2D eigenvalue weighted by Crippen LogP contribution is 2.17. The molecule has 0 aliphatic carbocycles. The maximum Gasteiger partial charge on any atom is 0.253 e. The van der Waals surface area contributed by atoms with Crippen LogP contribution in [0.25, 0.3) is 0 Å².